The van der Waals surface area contributed by atoms with Crippen LogP contribution in [-0.4, -0.2) is 5.91 Å². The Bertz CT molecular complexity index is 592. The zero-order chi connectivity index (χ0) is 13.8. The Hall–Kier alpha value is -1.85. The minimum absolute atomic E-state index is 0.0716. The Kier molecular flexibility index (Phi) is 4.19. The normalized spacial score (nSPS) is 10.3. The number of aryl methyl sites for hydroxylation is 2. The quantitative estimate of drug-likeness (QED) is 0.593. The lowest BCUT2D eigenvalue weighted by Gasteiger charge is -2.08. The smallest absolute Gasteiger partial charge is 0.251 e. The van der Waals surface area contributed by atoms with Gasteiger partial charge in [-0.1, -0.05) is 0 Å². The van der Waals surface area contributed by atoms with Crippen LogP contribution in [0.25, 0.3) is 0 Å². The van der Waals surface area contributed by atoms with Crippen LogP contribution in [0, 0.1) is 13.8 Å². The van der Waals surface area contributed by atoms with E-state index in [-0.39, 0.29) is 5.91 Å². The third-order valence-corrected chi connectivity index (χ3v) is 3.86. The van der Waals surface area contributed by atoms with Gasteiger partial charge >= 0.3 is 0 Å². The van der Waals surface area contributed by atoms with Crippen molar-refractivity contribution in [1.29, 1.82) is 0 Å². The monoisotopic (exact) mass is 275 g/mol. The van der Waals surface area contributed by atoms with E-state index < -0.39 is 0 Å². The molecule has 0 saturated carbocycles. The van der Waals surface area contributed by atoms with Gasteiger partial charge in [0.25, 0.3) is 5.91 Å². The highest BCUT2D eigenvalue weighted by molar-refractivity contribution is 7.11. The average molecular weight is 275 g/mol. The molecule has 4 nitrogen and oxygen atoms in total. The number of nitrogen functional groups attached to an aromatic ring is 1. The highest BCUT2D eigenvalue weighted by Gasteiger charge is 2.07. The van der Waals surface area contributed by atoms with Gasteiger partial charge in [0.2, 0.25) is 0 Å². The average Bonchev–Trinajstić information content (AvgIpc) is 2.81. The summed E-state index contributed by atoms with van der Waals surface area (Å²) in [5, 5.41) is 2.91. The van der Waals surface area contributed by atoms with Crippen LogP contribution in [0.5, 0.6) is 0 Å². The van der Waals surface area contributed by atoms with Crippen molar-refractivity contribution in [3.8, 4) is 0 Å². The number of carbonyl (C=O) groups is 1. The molecule has 0 bridgehead atoms. The van der Waals surface area contributed by atoms with Crippen LogP contribution in [0.2, 0.25) is 0 Å². The van der Waals surface area contributed by atoms with Gasteiger partial charge in [0.15, 0.2) is 0 Å². The Morgan fingerprint density at radius 1 is 1.26 bits per heavy atom. The second kappa shape index (κ2) is 5.86. The summed E-state index contributed by atoms with van der Waals surface area (Å²) in [5.41, 5.74) is 5.01. The van der Waals surface area contributed by atoms with Crippen molar-refractivity contribution in [2.24, 2.45) is 5.84 Å². The van der Waals surface area contributed by atoms with E-state index in [1.54, 1.807) is 23.5 Å². The van der Waals surface area contributed by atoms with Crippen molar-refractivity contribution < 1.29 is 4.79 Å². The Morgan fingerprint density at radius 3 is 2.63 bits per heavy atom. The molecule has 2 aromatic rings. The molecule has 0 radical (unpaired) electrons. The SMILES string of the molecule is Cc1ccc(CNC(=O)c2ccc(NN)c(C)c2)s1. The number of hydrogen-bond acceptors (Lipinski definition) is 4. The maximum Gasteiger partial charge on any atom is 0.251 e. The molecular weight excluding hydrogens is 258 g/mol. The number of nitrogens with one attached hydrogen (secondary N) is 2. The van der Waals surface area contributed by atoms with Crippen LogP contribution < -0.4 is 16.6 Å². The first-order chi connectivity index (χ1) is 9.10. The molecule has 1 amide bonds. The van der Waals surface area contributed by atoms with Gasteiger partial charge in [0.1, 0.15) is 0 Å². The fourth-order valence-corrected chi connectivity index (χ4v) is 2.65. The summed E-state index contributed by atoms with van der Waals surface area (Å²) in [4.78, 5) is 14.4. The highest BCUT2D eigenvalue weighted by atomic mass is 32.1. The van der Waals surface area contributed by atoms with E-state index in [0.717, 1.165) is 16.1 Å². The second-order valence-electron chi connectivity index (χ2n) is 4.37. The number of amides is 1. The minimum Gasteiger partial charge on any atom is -0.347 e. The van der Waals surface area contributed by atoms with E-state index >= 15 is 0 Å². The molecule has 1 heterocycles. The highest BCUT2D eigenvalue weighted by Crippen LogP contribution is 2.16. The van der Waals surface area contributed by atoms with Gasteiger partial charge in [0, 0.05) is 15.3 Å². The van der Waals surface area contributed by atoms with Crippen LogP contribution in [0.4, 0.5) is 5.69 Å². The molecule has 0 saturated heterocycles. The predicted octanol–water partition coefficient (Wildman–Crippen LogP) is 2.58. The number of thiophene rings is 1. The van der Waals surface area contributed by atoms with Gasteiger partial charge in [0.05, 0.1) is 12.2 Å². The molecule has 2 rings (SSSR count). The molecule has 4 N–H and O–H groups in total. The van der Waals surface area contributed by atoms with Crippen molar-refractivity contribution in [3.63, 3.8) is 0 Å². The van der Waals surface area contributed by atoms with Crippen molar-refractivity contribution in [2.75, 3.05) is 5.43 Å². The third-order valence-electron chi connectivity index (χ3n) is 2.86. The minimum atomic E-state index is -0.0716. The molecule has 1 aromatic heterocycles. The van der Waals surface area contributed by atoms with Crippen molar-refractivity contribution in [2.45, 2.75) is 20.4 Å². The first-order valence-corrected chi connectivity index (χ1v) is 6.82. The summed E-state index contributed by atoms with van der Waals surface area (Å²) in [6.45, 7) is 4.53. The van der Waals surface area contributed by atoms with Crippen LogP contribution >= 0.6 is 11.3 Å². The number of benzene rings is 1. The largest absolute Gasteiger partial charge is 0.347 e. The second-order valence-corrected chi connectivity index (χ2v) is 5.74. The van der Waals surface area contributed by atoms with Crippen LogP contribution in [0.3, 0.4) is 0 Å². The van der Waals surface area contributed by atoms with Gasteiger partial charge < -0.3 is 10.7 Å². The molecule has 5 heteroatoms. The molecule has 19 heavy (non-hydrogen) atoms. The fourth-order valence-electron chi connectivity index (χ4n) is 1.82. The van der Waals surface area contributed by atoms with E-state index in [9.17, 15) is 4.79 Å². The predicted molar refractivity (Wildman–Crippen MR) is 79.2 cm³/mol. The first kappa shape index (κ1) is 13.6. The maximum absolute atomic E-state index is 12.0. The summed E-state index contributed by atoms with van der Waals surface area (Å²) in [7, 11) is 0. The summed E-state index contributed by atoms with van der Waals surface area (Å²) in [6, 6.07) is 9.48. The van der Waals surface area contributed by atoms with Gasteiger partial charge in [-0.2, -0.15) is 0 Å². The van der Waals surface area contributed by atoms with Crippen molar-refractivity contribution >= 4 is 22.9 Å². The molecule has 0 aliphatic rings. The topological polar surface area (TPSA) is 67.2 Å². The van der Waals surface area contributed by atoms with Gasteiger partial charge in [-0.3, -0.25) is 10.6 Å². The molecule has 0 fully saturated rings. The standard InChI is InChI=1S/C14H17N3OS/c1-9-7-11(4-6-13(9)17-15)14(18)16-8-12-5-3-10(2)19-12/h3-7,17H,8,15H2,1-2H3,(H,16,18). The number of carbonyl (C=O) groups excluding carboxylic acids is 1. The lowest BCUT2D eigenvalue weighted by Crippen LogP contribution is -2.22. The van der Waals surface area contributed by atoms with E-state index in [2.05, 4.69) is 23.7 Å². The van der Waals surface area contributed by atoms with Gasteiger partial charge in [-0.15, -0.1) is 11.3 Å². The molecule has 100 valence electrons. The molecule has 0 aliphatic heterocycles. The molecule has 0 spiro atoms. The van der Waals surface area contributed by atoms with Crippen molar-refractivity contribution in [1.82, 2.24) is 5.32 Å². The van der Waals surface area contributed by atoms with E-state index in [1.165, 1.54) is 4.88 Å². The molecule has 0 aliphatic carbocycles. The zero-order valence-electron chi connectivity index (χ0n) is 11.0. The number of rotatable bonds is 4. The van der Waals surface area contributed by atoms with Crippen LogP contribution in [0.1, 0.15) is 25.7 Å². The number of hydrazine groups is 1. The lowest BCUT2D eigenvalue weighted by molar-refractivity contribution is 0.0951. The summed E-state index contributed by atoms with van der Waals surface area (Å²) in [6.07, 6.45) is 0. The molecular formula is C14H17N3OS. The number of anilines is 1. The lowest BCUT2D eigenvalue weighted by atomic mass is 10.1. The maximum atomic E-state index is 12.0. The van der Waals surface area contributed by atoms with E-state index in [4.69, 9.17) is 5.84 Å². The summed E-state index contributed by atoms with van der Waals surface area (Å²) >= 11 is 1.69. The summed E-state index contributed by atoms with van der Waals surface area (Å²) in [5.74, 6) is 5.29. The Morgan fingerprint density at radius 2 is 2.05 bits per heavy atom. The number of nitrogens with two attached hydrogens (primary N) is 1. The zero-order valence-corrected chi connectivity index (χ0v) is 11.8. The first-order valence-electron chi connectivity index (χ1n) is 6.01. The summed E-state index contributed by atoms with van der Waals surface area (Å²) < 4.78 is 0. The van der Waals surface area contributed by atoms with Gasteiger partial charge in [-0.05, 0) is 49.7 Å². The van der Waals surface area contributed by atoms with E-state index in [0.29, 0.717) is 12.1 Å². The van der Waals surface area contributed by atoms with Crippen LogP contribution in [0.15, 0.2) is 30.3 Å². The van der Waals surface area contributed by atoms with Crippen molar-refractivity contribution in [3.05, 3.63) is 51.2 Å². The number of hydrogen-bond donors (Lipinski definition) is 3. The molecule has 0 unspecified atom stereocenters. The third kappa shape index (κ3) is 3.33. The Balaban J connectivity index is 2.01. The Labute approximate surface area is 116 Å². The molecule has 0 atom stereocenters. The molecule has 1 aromatic carbocycles. The fraction of sp³-hybridized carbons (Fsp3) is 0.214. The van der Waals surface area contributed by atoms with Crippen LogP contribution in [-0.2, 0) is 6.54 Å². The van der Waals surface area contributed by atoms with E-state index in [1.807, 2.05) is 19.1 Å². The van der Waals surface area contributed by atoms with Gasteiger partial charge in [-0.25, -0.2) is 0 Å².